The molecule has 0 aromatic carbocycles. The fourth-order valence-corrected chi connectivity index (χ4v) is 2.68. The molecule has 0 N–H and O–H groups in total. The fraction of sp³-hybridized carbons (Fsp3) is 0.857. The third-order valence-corrected chi connectivity index (χ3v) is 3.88. The van der Waals surface area contributed by atoms with Gasteiger partial charge in [0.15, 0.2) is 5.84 Å². The molecule has 1 heterocycles. The van der Waals surface area contributed by atoms with Gasteiger partial charge in [0.05, 0.1) is 0 Å². The Balaban J connectivity index is 2.71. The number of amidine groups is 1. The molecule has 104 valence electrons. The third kappa shape index (κ3) is 4.09. The van der Waals surface area contributed by atoms with Crippen LogP contribution in [0.15, 0.2) is 10.1 Å². The van der Waals surface area contributed by atoms with Crippen molar-refractivity contribution in [3.8, 4) is 0 Å². The highest BCUT2D eigenvalue weighted by atomic mass is 15.5. The van der Waals surface area contributed by atoms with Crippen LogP contribution in [0.3, 0.4) is 0 Å². The summed E-state index contributed by atoms with van der Waals surface area (Å²) in [5.74, 6) is 1.36. The van der Waals surface area contributed by atoms with E-state index in [0.717, 1.165) is 25.2 Å². The Bertz CT molecular complexity index is 284. The van der Waals surface area contributed by atoms with Crippen LogP contribution in [0.4, 0.5) is 0 Å². The topological polar surface area (TPSA) is 31.2 Å². The Hall–Kier alpha value is -0.900. The number of aliphatic imine (C=N–C) groups is 1. The lowest BCUT2D eigenvalue weighted by Gasteiger charge is -2.30. The molecule has 0 aliphatic carbocycles. The summed E-state index contributed by atoms with van der Waals surface area (Å²) in [7, 11) is 4.22. The van der Waals surface area contributed by atoms with E-state index in [1.807, 2.05) is 0 Å². The maximum atomic E-state index is 4.69. The summed E-state index contributed by atoms with van der Waals surface area (Å²) in [6.07, 6.45) is 4.64. The maximum absolute atomic E-state index is 4.69. The molecule has 0 bridgehead atoms. The van der Waals surface area contributed by atoms with Crippen LogP contribution in [-0.2, 0) is 0 Å². The van der Waals surface area contributed by atoms with E-state index < -0.39 is 0 Å². The van der Waals surface area contributed by atoms with Gasteiger partial charge >= 0.3 is 0 Å². The number of hydrogen-bond donors (Lipinski definition) is 0. The second kappa shape index (κ2) is 7.52. The predicted molar refractivity (Wildman–Crippen MR) is 79.3 cm³/mol. The van der Waals surface area contributed by atoms with Crippen LogP contribution in [0.1, 0.15) is 39.5 Å². The Morgan fingerprint density at radius 1 is 1.44 bits per heavy atom. The van der Waals surface area contributed by atoms with Gasteiger partial charge in [0.25, 0.3) is 0 Å². The summed E-state index contributed by atoms with van der Waals surface area (Å²) in [5, 5.41) is 6.76. The van der Waals surface area contributed by atoms with Crippen LogP contribution in [0, 0.1) is 5.92 Å². The quantitative estimate of drug-likeness (QED) is 0.427. The first-order valence-electron chi connectivity index (χ1n) is 7.08. The Labute approximate surface area is 112 Å². The highest BCUT2D eigenvalue weighted by Gasteiger charge is 2.22. The highest BCUT2D eigenvalue weighted by molar-refractivity contribution is 5.88. The summed E-state index contributed by atoms with van der Waals surface area (Å²) in [6.45, 7) is 10.3. The van der Waals surface area contributed by atoms with Crippen molar-refractivity contribution in [1.82, 2.24) is 9.91 Å². The Morgan fingerprint density at radius 3 is 2.61 bits per heavy atom. The number of hydrazone groups is 1. The fourth-order valence-electron chi connectivity index (χ4n) is 2.68. The Morgan fingerprint density at radius 2 is 2.11 bits per heavy atom. The molecule has 1 atom stereocenters. The number of likely N-dealkylation sites (tertiary alicyclic amines) is 1. The van der Waals surface area contributed by atoms with E-state index >= 15 is 0 Å². The average molecular weight is 252 g/mol. The van der Waals surface area contributed by atoms with Gasteiger partial charge in [-0.2, -0.15) is 5.10 Å². The van der Waals surface area contributed by atoms with Gasteiger partial charge in [-0.3, -0.25) is 5.01 Å². The number of hydrogen-bond acceptors (Lipinski definition) is 3. The van der Waals surface area contributed by atoms with E-state index in [-0.39, 0.29) is 0 Å². The molecule has 1 aliphatic rings. The molecule has 1 aliphatic heterocycles. The molecule has 0 saturated carbocycles. The van der Waals surface area contributed by atoms with Crippen LogP contribution in [0.2, 0.25) is 0 Å². The van der Waals surface area contributed by atoms with Gasteiger partial charge in [-0.25, -0.2) is 4.99 Å². The van der Waals surface area contributed by atoms with Crippen molar-refractivity contribution in [3.05, 3.63) is 0 Å². The minimum atomic E-state index is 0.443. The van der Waals surface area contributed by atoms with Gasteiger partial charge in [0.2, 0.25) is 0 Å². The van der Waals surface area contributed by atoms with E-state index in [1.54, 1.807) is 0 Å². The lowest BCUT2D eigenvalue weighted by atomic mass is 9.97. The lowest BCUT2D eigenvalue weighted by molar-refractivity contribution is 0.225. The molecule has 0 radical (unpaired) electrons. The summed E-state index contributed by atoms with van der Waals surface area (Å²) in [4.78, 5) is 6.52. The molecule has 1 fully saturated rings. The van der Waals surface area contributed by atoms with Crippen LogP contribution < -0.4 is 0 Å². The molecule has 18 heavy (non-hydrogen) atoms. The van der Waals surface area contributed by atoms with E-state index in [1.165, 1.54) is 19.4 Å². The Kier molecular flexibility index (Phi) is 6.33. The first kappa shape index (κ1) is 15.2. The van der Waals surface area contributed by atoms with Gasteiger partial charge in [-0.1, -0.05) is 13.8 Å². The molecule has 4 nitrogen and oxygen atoms in total. The van der Waals surface area contributed by atoms with Crippen LogP contribution in [0.25, 0.3) is 0 Å². The summed E-state index contributed by atoms with van der Waals surface area (Å²) < 4.78 is 0. The molecular weight excluding hydrogens is 224 g/mol. The van der Waals surface area contributed by atoms with Crippen molar-refractivity contribution in [2.24, 2.45) is 16.0 Å². The third-order valence-electron chi connectivity index (χ3n) is 3.88. The van der Waals surface area contributed by atoms with E-state index in [2.05, 4.69) is 54.7 Å². The van der Waals surface area contributed by atoms with Gasteiger partial charge in [-0.15, -0.1) is 0 Å². The molecule has 4 heteroatoms. The smallest absolute Gasteiger partial charge is 0.151 e. The van der Waals surface area contributed by atoms with Crippen molar-refractivity contribution < 1.29 is 0 Å². The van der Waals surface area contributed by atoms with Gasteiger partial charge in [0, 0.05) is 25.6 Å². The monoisotopic (exact) mass is 252 g/mol. The van der Waals surface area contributed by atoms with Crippen molar-refractivity contribution in [3.63, 3.8) is 0 Å². The molecule has 1 rings (SSSR count). The summed E-state index contributed by atoms with van der Waals surface area (Å²) in [5.41, 5.74) is 0. The van der Waals surface area contributed by atoms with Gasteiger partial charge in [-0.05, 0) is 46.0 Å². The van der Waals surface area contributed by atoms with Crippen molar-refractivity contribution in [2.45, 2.75) is 45.6 Å². The first-order valence-corrected chi connectivity index (χ1v) is 7.08. The van der Waals surface area contributed by atoms with Crippen LogP contribution in [0.5, 0.6) is 0 Å². The largest absolute Gasteiger partial charge is 0.306 e. The average Bonchev–Trinajstić information content (AvgIpc) is 2.37. The van der Waals surface area contributed by atoms with Crippen LogP contribution in [-0.4, -0.2) is 55.7 Å². The van der Waals surface area contributed by atoms with Crippen molar-refractivity contribution >= 4 is 12.6 Å². The number of piperidine rings is 1. The molecule has 1 saturated heterocycles. The van der Waals surface area contributed by atoms with Crippen molar-refractivity contribution in [1.29, 1.82) is 0 Å². The predicted octanol–water partition coefficient (Wildman–Crippen LogP) is 2.46. The first-order chi connectivity index (χ1) is 8.62. The number of nitrogens with zero attached hydrogens (tertiary/aromatic N) is 4. The molecule has 0 amide bonds. The minimum absolute atomic E-state index is 0.443. The second-order valence-corrected chi connectivity index (χ2v) is 5.26. The molecule has 0 aromatic rings. The highest BCUT2D eigenvalue weighted by Crippen LogP contribution is 2.18. The zero-order valence-electron chi connectivity index (χ0n) is 12.4. The van der Waals surface area contributed by atoms with E-state index in [4.69, 9.17) is 0 Å². The summed E-state index contributed by atoms with van der Waals surface area (Å²) >= 11 is 0. The van der Waals surface area contributed by atoms with Crippen LogP contribution >= 0.6 is 0 Å². The maximum Gasteiger partial charge on any atom is 0.151 e. The summed E-state index contributed by atoms with van der Waals surface area (Å²) in [6, 6.07) is 0.503. The standard InChI is InChI=1S/C14H28N4/c1-6-13(7-2)18(5)16-14(15-3)12-9-8-10-17(4)11-12/h12-13H,3,6-11H2,1-2,4-5H3/b16-14-. The molecule has 0 spiro atoms. The van der Waals surface area contributed by atoms with Crippen molar-refractivity contribution in [2.75, 3.05) is 27.2 Å². The van der Waals surface area contributed by atoms with Gasteiger partial charge < -0.3 is 4.90 Å². The molecular formula is C14H28N4. The van der Waals surface area contributed by atoms with E-state index in [9.17, 15) is 0 Å². The zero-order valence-corrected chi connectivity index (χ0v) is 12.4. The van der Waals surface area contributed by atoms with E-state index in [0.29, 0.717) is 12.0 Å². The SMILES string of the molecule is C=N/C(=N\N(C)C(CC)CC)C1CCCN(C)C1. The molecule has 0 aromatic heterocycles. The second-order valence-electron chi connectivity index (χ2n) is 5.26. The normalized spacial score (nSPS) is 22.3. The molecule has 1 unspecified atom stereocenters. The minimum Gasteiger partial charge on any atom is -0.306 e. The zero-order chi connectivity index (χ0) is 13.5. The lowest BCUT2D eigenvalue weighted by Crippen LogP contribution is -2.37. The number of rotatable bonds is 5. The van der Waals surface area contributed by atoms with Gasteiger partial charge in [0.1, 0.15) is 0 Å².